The molecule has 19 heavy (non-hydrogen) atoms. The number of methoxy groups -OCH3 is 2. The summed E-state index contributed by atoms with van der Waals surface area (Å²) in [7, 11) is 3.23. The van der Waals surface area contributed by atoms with E-state index >= 15 is 0 Å². The zero-order valence-corrected chi connectivity index (χ0v) is 13.6. The molecule has 0 saturated heterocycles. The van der Waals surface area contributed by atoms with E-state index in [0.717, 1.165) is 14.2 Å². The lowest BCUT2D eigenvalue weighted by Gasteiger charge is -2.17. The first kappa shape index (κ1) is 14.7. The van der Waals surface area contributed by atoms with E-state index in [-0.39, 0.29) is 6.04 Å². The summed E-state index contributed by atoms with van der Waals surface area (Å²) in [6.07, 6.45) is 0. The lowest BCUT2D eigenvalue weighted by molar-refractivity contribution is 0.382. The summed E-state index contributed by atoms with van der Waals surface area (Å²) >= 11 is 11.0. The Morgan fingerprint density at radius 2 is 1.84 bits per heavy atom. The molecule has 0 amide bonds. The van der Waals surface area contributed by atoms with Gasteiger partial charge in [-0.1, -0.05) is 17.7 Å². The predicted octanol–water partition coefficient (Wildman–Crippen LogP) is 4.23. The van der Waals surface area contributed by atoms with E-state index in [9.17, 15) is 0 Å². The molecule has 2 rings (SSSR count). The third-order valence-electron chi connectivity index (χ3n) is 2.75. The van der Waals surface area contributed by atoms with Gasteiger partial charge in [-0.05, 0) is 34.1 Å². The number of benzene rings is 1. The van der Waals surface area contributed by atoms with Crippen LogP contribution in [0.4, 0.5) is 0 Å². The Kier molecular flexibility index (Phi) is 4.73. The Morgan fingerprint density at radius 1 is 1.26 bits per heavy atom. The van der Waals surface area contributed by atoms with E-state index in [4.69, 9.17) is 26.8 Å². The highest BCUT2D eigenvalue weighted by molar-refractivity contribution is 9.11. The molecule has 102 valence electrons. The maximum Gasteiger partial charge on any atom is 0.127 e. The van der Waals surface area contributed by atoms with Gasteiger partial charge < -0.3 is 15.2 Å². The van der Waals surface area contributed by atoms with Crippen LogP contribution in [0.2, 0.25) is 5.02 Å². The van der Waals surface area contributed by atoms with Gasteiger partial charge in [0, 0.05) is 4.88 Å². The second kappa shape index (κ2) is 6.13. The highest BCUT2D eigenvalue weighted by Gasteiger charge is 2.21. The van der Waals surface area contributed by atoms with Gasteiger partial charge in [-0.15, -0.1) is 11.3 Å². The van der Waals surface area contributed by atoms with Crippen LogP contribution < -0.4 is 15.2 Å². The van der Waals surface area contributed by atoms with Crippen molar-refractivity contribution in [1.29, 1.82) is 0 Å². The number of halogens is 2. The van der Waals surface area contributed by atoms with Crippen LogP contribution in [0, 0.1) is 0 Å². The number of thiophene rings is 1. The average Bonchev–Trinajstić information content (AvgIpc) is 2.76. The zero-order valence-electron chi connectivity index (χ0n) is 10.4. The topological polar surface area (TPSA) is 44.5 Å². The molecule has 0 aliphatic rings. The first-order valence-corrected chi connectivity index (χ1v) is 7.48. The van der Waals surface area contributed by atoms with Crippen LogP contribution in [0.15, 0.2) is 28.1 Å². The number of hydrogen-bond donors (Lipinski definition) is 1. The van der Waals surface area contributed by atoms with Crippen molar-refractivity contribution >= 4 is 38.9 Å². The Morgan fingerprint density at radius 3 is 2.26 bits per heavy atom. The fraction of sp³-hybridized carbons (Fsp3) is 0.231. The van der Waals surface area contributed by atoms with E-state index in [1.165, 1.54) is 11.3 Å². The van der Waals surface area contributed by atoms with Gasteiger partial charge in [-0.3, -0.25) is 0 Å². The number of rotatable bonds is 4. The second-order valence-electron chi connectivity index (χ2n) is 3.82. The van der Waals surface area contributed by atoms with Gasteiger partial charge in [0.15, 0.2) is 0 Å². The molecule has 2 N–H and O–H groups in total. The van der Waals surface area contributed by atoms with Crippen LogP contribution in [0.5, 0.6) is 11.5 Å². The average molecular weight is 363 g/mol. The normalized spacial score (nSPS) is 12.3. The highest BCUT2D eigenvalue weighted by atomic mass is 79.9. The summed E-state index contributed by atoms with van der Waals surface area (Å²) in [5, 5.41) is 0.657. The van der Waals surface area contributed by atoms with Gasteiger partial charge in [0.1, 0.15) is 11.5 Å². The predicted molar refractivity (Wildman–Crippen MR) is 82.6 cm³/mol. The Hall–Kier alpha value is -0.750. The molecule has 0 aliphatic carbocycles. The van der Waals surface area contributed by atoms with Crippen LogP contribution in [0.1, 0.15) is 16.5 Å². The van der Waals surface area contributed by atoms with Gasteiger partial charge in [-0.25, -0.2) is 0 Å². The van der Waals surface area contributed by atoms with Crippen molar-refractivity contribution in [2.24, 2.45) is 5.73 Å². The number of nitrogens with two attached hydrogens (primary N) is 1. The van der Waals surface area contributed by atoms with E-state index in [2.05, 4.69) is 15.9 Å². The molecule has 0 spiro atoms. The van der Waals surface area contributed by atoms with E-state index in [0.29, 0.717) is 16.5 Å². The first-order valence-electron chi connectivity index (χ1n) is 5.49. The quantitative estimate of drug-likeness (QED) is 0.885. The monoisotopic (exact) mass is 361 g/mol. The molecule has 1 aromatic heterocycles. The molecule has 3 nitrogen and oxygen atoms in total. The maximum absolute atomic E-state index is 6.32. The summed E-state index contributed by atoms with van der Waals surface area (Å²) in [4.78, 5) is 0.944. The van der Waals surface area contributed by atoms with Crippen molar-refractivity contribution in [2.75, 3.05) is 14.2 Å². The molecule has 1 atom stereocenters. The number of ether oxygens (including phenoxy) is 2. The van der Waals surface area contributed by atoms with E-state index in [1.54, 1.807) is 14.2 Å². The Bertz CT molecular complexity index is 546. The fourth-order valence-electron chi connectivity index (χ4n) is 1.85. The van der Waals surface area contributed by atoms with Crippen molar-refractivity contribution < 1.29 is 9.47 Å². The maximum atomic E-state index is 6.32. The van der Waals surface area contributed by atoms with E-state index < -0.39 is 0 Å². The molecule has 0 aliphatic heterocycles. The molecule has 1 unspecified atom stereocenters. The minimum atomic E-state index is -0.347. The summed E-state index contributed by atoms with van der Waals surface area (Å²) < 4.78 is 11.6. The van der Waals surface area contributed by atoms with Crippen LogP contribution in [-0.4, -0.2) is 14.2 Å². The lowest BCUT2D eigenvalue weighted by Crippen LogP contribution is -2.13. The van der Waals surface area contributed by atoms with Gasteiger partial charge in [0.25, 0.3) is 0 Å². The summed E-state index contributed by atoms with van der Waals surface area (Å²) in [5.74, 6) is 1.40. The minimum absolute atomic E-state index is 0.347. The van der Waals surface area contributed by atoms with Crippen LogP contribution in [0.3, 0.4) is 0 Å². The molecular formula is C13H13BrClNO2S. The molecule has 0 fully saturated rings. The fourth-order valence-corrected chi connectivity index (χ4v) is 3.60. The molecule has 0 radical (unpaired) electrons. The summed E-state index contributed by atoms with van der Waals surface area (Å²) in [6, 6.07) is 7.10. The first-order chi connectivity index (χ1) is 9.08. The Labute approximate surface area is 129 Å². The third-order valence-corrected chi connectivity index (χ3v) is 5.31. The van der Waals surface area contributed by atoms with Crippen molar-refractivity contribution in [2.45, 2.75) is 6.04 Å². The minimum Gasteiger partial charge on any atom is -0.496 e. The zero-order chi connectivity index (χ0) is 14.0. The largest absolute Gasteiger partial charge is 0.496 e. The van der Waals surface area contributed by atoms with Crippen LogP contribution >= 0.6 is 38.9 Å². The molecule has 0 bridgehead atoms. The van der Waals surface area contributed by atoms with Crippen LogP contribution in [-0.2, 0) is 0 Å². The Balaban J connectivity index is 2.50. The van der Waals surface area contributed by atoms with Gasteiger partial charge in [0.2, 0.25) is 0 Å². The van der Waals surface area contributed by atoms with Crippen molar-refractivity contribution in [3.05, 3.63) is 43.5 Å². The number of hydrogen-bond acceptors (Lipinski definition) is 4. The van der Waals surface area contributed by atoms with Crippen molar-refractivity contribution in [1.82, 2.24) is 0 Å². The second-order valence-corrected chi connectivity index (χ2v) is 6.63. The third kappa shape index (κ3) is 2.89. The molecule has 6 heteroatoms. The van der Waals surface area contributed by atoms with Gasteiger partial charge in [0.05, 0.1) is 34.6 Å². The smallest absolute Gasteiger partial charge is 0.127 e. The highest BCUT2D eigenvalue weighted by Crippen LogP contribution is 2.41. The van der Waals surface area contributed by atoms with Gasteiger partial charge in [-0.2, -0.15) is 0 Å². The molecule has 1 aromatic carbocycles. The summed E-state index contributed by atoms with van der Waals surface area (Å²) in [5.41, 5.74) is 7.14. The van der Waals surface area contributed by atoms with Crippen molar-refractivity contribution in [3.8, 4) is 11.5 Å². The van der Waals surface area contributed by atoms with Gasteiger partial charge >= 0.3 is 0 Å². The SMILES string of the molecule is COc1cccc(OC)c1C(N)c1cc(Cl)c(Br)s1. The van der Waals surface area contributed by atoms with E-state index in [1.807, 2.05) is 24.3 Å². The molecular weight excluding hydrogens is 350 g/mol. The van der Waals surface area contributed by atoms with Crippen LogP contribution in [0.25, 0.3) is 0 Å². The van der Waals surface area contributed by atoms with Crippen molar-refractivity contribution in [3.63, 3.8) is 0 Å². The summed E-state index contributed by atoms with van der Waals surface area (Å²) in [6.45, 7) is 0. The molecule has 1 heterocycles. The molecule has 2 aromatic rings. The molecule has 0 saturated carbocycles. The standard InChI is InChI=1S/C13H13BrClNO2S/c1-17-8-4-3-5-9(18-2)11(8)12(16)10-6-7(15)13(14)19-10/h3-6,12H,16H2,1-2H3. The lowest BCUT2D eigenvalue weighted by atomic mass is 10.0.